The van der Waals surface area contributed by atoms with Crippen LogP contribution in [-0.2, 0) is 0 Å². The molecule has 0 aromatic heterocycles. The van der Waals surface area contributed by atoms with Crippen LogP contribution in [0.3, 0.4) is 0 Å². The second-order valence-corrected chi connectivity index (χ2v) is 5.53. The predicted molar refractivity (Wildman–Crippen MR) is 86.0 cm³/mol. The van der Waals surface area contributed by atoms with Gasteiger partial charge in [-0.05, 0) is 5.92 Å². The minimum Gasteiger partial charge on any atom is -0.496 e. The van der Waals surface area contributed by atoms with Crippen molar-refractivity contribution in [2.75, 3.05) is 26.7 Å². The molecule has 0 aliphatic rings. The Morgan fingerprint density at radius 1 is 1.10 bits per heavy atom. The quantitative estimate of drug-likeness (QED) is 0.760. The molecule has 1 amide bonds. The second-order valence-electron chi connectivity index (χ2n) is 4.89. The fourth-order valence-electron chi connectivity index (χ4n) is 1.84. The van der Waals surface area contributed by atoms with Crippen LogP contribution >= 0.6 is 15.9 Å². The van der Waals surface area contributed by atoms with Crippen molar-refractivity contribution in [3.8, 4) is 17.2 Å². The molecule has 1 aromatic carbocycles. The van der Waals surface area contributed by atoms with E-state index in [1.54, 1.807) is 12.1 Å². The van der Waals surface area contributed by atoms with Gasteiger partial charge in [-0.25, -0.2) is 0 Å². The highest BCUT2D eigenvalue weighted by molar-refractivity contribution is 9.09. The normalized spacial score (nSPS) is 12.0. The highest BCUT2D eigenvalue weighted by atomic mass is 79.9. The van der Waals surface area contributed by atoms with Gasteiger partial charge >= 0.3 is 0 Å². The lowest BCUT2D eigenvalue weighted by Crippen LogP contribution is -2.39. The Hall–Kier alpha value is -1.43. The first kappa shape index (κ1) is 17.6. The van der Waals surface area contributed by atoms with Crippen molar-refractivity contribution in [2.45, 2.75) is 19.9 Å². The molecule has 1 aromatic rings. The molecule has 1 unspecified atom stereocenters. The molecule has 0 spiro atoms. The van der Waals surface area contributed by atoms with E-state index in [0.717, 1.165) is 0 Å². The lowest BCUT2D eigenvalue weighted by molar-refractivity contribution is 0.0928. The van der Waals surface area contributed by atoms with Crippen LogP contribution in [0.15, 0.2) is 12.1 Å². The third-order valence-corrected chi connectivity index (χ3v) is 3.94. The van der Waals surface area contributed by atoms with Crippen LogP contribution in [0.25, 0.3) is 0 Å². The van der Waals surface area contributed by atoms with Crippen LogP contribution in [0.5, 0.6) is 17.2 Å². The standard InChI is InChI=1S/C15H22BrNO4/c1-9(2)11(8-16)17-15(18)10-6-13(20-4)14(21-5)7-12(10)19-3/h6-7,9,11H,8H2,1-5H3,(H,17,18). The Morgan fingerprint density at radius 3 is 2.05 bits per heavy atom. The van der Waals surface area contributed by atoms with Crippen LogP contribution in [0.2, 0.25) is 0 Å². The van der Waals surface area contributed by atoms with Gasteiger partial charge in [0.2, 0.25) is 0 Å². The van der Waals surface area contributed by atoms with Crippen molar-refractivity contribution in [3.05, 3.63) is 17.7 Å². The number of alkyl halides is 1. The molecule has 21 heavy (non-hydrogen) atoms. The first-order valence-corrected chi connectivity index (χ1v) is 7.77. The molecule has 0 radical (unpaired) electrons. The monoisotopic (exact) mass is 359 g/mol. The van der Waals surface area contributed by atoms with Crippen molar-refractivity contribution in [1.29, 1.82) is 0 Å². The van der Waals surface area contributed by atoms with E-state index >= 15 is 0 Å². The number of benzene rings is 1. The number of hydrogen-bond donors (Lipinski definition) is 1. The van der Waals surface area contributed by atoms with E-state index < -0.39 is 0 Å². The molecule has 0 saturated carbocycles. The number of ether oxygens (including phenoxy) is 3. The Labute approximate surface area is 134 Å². The van der Waals surface area contributed by atoms with Crippen molar-refractivity contribution in [2.24, 2.45) is 5.92 Å². The van der Waals surface area contributed by atoms with Gasteiger partial charge in [-0.2, -0.15) is 0 Å². The summed E-state index contributed by atoms with van der Waals surface area (Å²) < 4.78 is 15.7. The van der Waals surface area contributed by atoms with E-state index in [1.807, 2.05) is 0 Å². The van der Waals surface area contributed by atoms with Gasteiger partial charge in [0.1, 0.15) is 5.75 Å². The van der Waals surface area contributed by atoms with Crippen LogP contribution in [-0.4, -0.2) is 38.6 Å². The van der Waals surface area contributed by atoms with Crippen molar-refractivity contribution < 1.29 is 19.0 Å². The highest BCUT2D eigenvalue weighted by Crippen LogP contribution is 2.34. The summed E-state index contributed by atoms with van der Waals surface area (Å²) in [6.45, 7) is 4.11. The molecule has 1 rings (SSSR count). The SMILES string of the molecule is COc1cc(OC)c(C(=O)NC(CBr)C(C)C)cc1OC. The smallest absolute Gasteiger partial charge is 0.255 e. The minimum atomic E-state index is -0.203. The predicted octanol–water partition coefficient (Wildman–Crippen LogP) is 2.86. The number of carbonyl (C=O) groups excluding carboxylic acids is 1. The zero-order chi connectivity index (χ0) is 16.0. The Balaban J connectivity index is 3.13. The van der Waals surface area contributed by atoms with E-state index in [0.29, 0.717) is 34.1 Å². The molecule has 5 nitrogen and oxygen atoms in total. The van der Waals surface area contributed by atoms with Crippen LogP contribution < -0.4 is 19.5 Å². The molecule has 0 saturated heterocycles. The molecular weight excluding hydrogens is 338 g/mol. The number of amides is 1. The van der Waals surface area contributed by atoms with Gasteiger partial charge in [0.25, 0.3) is 5.91 Å². The Kier molecular flexibility index (Phi) is 6.81. The van der Waals surface area contributed by atoms with Crippen LogP contribution in [0.4, 0.5) is 0 Å². The van der Waals surface area contributed by atoms with Gasteiger partial charge < -0.3 is 19.5 Å². The number of methoxy groups -OCH3 is 3. The lowest BCUT2D eigenvalue weighted by atomic mass is 10.1. The van der Waals surface area contributed by atoms with Gasteiger partial charge in [-0.3, -0.25) is 4.79 Å². The van der Waals surface area contributed by atoms with E-state index in [9.17, 15) is 4.79 Å². The van der Waals surface area contributed by atoms with Crippen molar-refractivity contribution >= 4 is 21.8 Å². The van der Waals surface area contributed by atoms with Gasteiger partial charge in [0, 0.05) is 23.5 Å². The van der Waals surface area contributed by atoms with Crippen molar-refractivity contribution in [3.63, 3.8) is 0 Å². The largest absolute Gasteiger partial charge is 0.496 e. The molecule has 1 N–H and O–H groups in total. The second kappa shape index (κ2) is 8.12. The molecule has 118 valence electrons. The number of halogens is 1. The topological polar surface area (TPSA) is 56.8 Å². The highest BCUT2D eigenvalue weighted by Gasteiger charge is 2.21. The first-order valence-electron chi connectivity index (χ1n) is 6.65. The Morgan fingerprint density at radius 2 is 1.62 bits per heavy atom. The molecule has 0 fully saturated rings. The fraction of sp³-hybridized carbons (Fsp3) is 0.533. The summed E-state index contributed by atoms with van der Waals surface area (Å²) in [5, 5.41) is 3.67. The summed E-state index contributed by atoms with van der Waals surface area (Å²) in [6.07, 6.45) is 0. The summed E-state index contributed by atoms with van der Waals surface area (Å²) in [4.78, 5) is 12.5. The van der Waals surface area contributed by atoms with Crippen molar-refractivity contribution in [1.82, 2.24) is 5.32 Å². The fourth-order valence-corrected chi connectivity index (χ4v) is 2.75. The maximum absolute atomic E-state index is 12.5. The average molecular weight is 360 g/mol. The van der Waals surface area contributed by atoms with E-state index in [1.165, 1.54) is 21.3 Å². The Bertz CT molecular complexity index is 491. The average Bonchev–Trinajstić information content (AvgIpc) is 2.50. The third-order valence-electron chi connectivity index (χ3n) is 3.24. The zero-order valence-electron chi connectivity index (χ0n) is 13.0. The first-order chi connectivity index (χ1) is 9.98. The summed E-state index contributed by atoms with van der Waals surface area (Å²) in [5.41, 5.74) is 0.418. The lowest BCUT2D eigenvalue weighted by Gasteiger charge is -2.21. The summed E-state index contributed by atoms with van der Waals surface area (Å²) in [5.74, 6) is 1.57. The van der Waals surface area contributed by atoms with Gasteiger partial charge in [0.15, 0.2) is 11.5 Å². The van der Waals surface area contributed by atoms with E-state index in [2.05, 4.69) is 35.1 Å². The third kappa shape index (κ3) is 4.27. The number of carbonyl (C=O) groups is 1. The summed E-state index contributed by atoms with van der Waals surface area (Å²) in [7, 11) is 4.58. The molecule has 0 bridgehead atoms. The zero-order valence-corrected chi connectivity index (χ0v) is 14.6. The summed E-state index contributed by atoms with van der Waals surface area (Å²) in [6, 6.07) is 3.31. The van der Waals surface area contributed by atoms with Gasteiger partial charge in [0.05, 0.1) is 26.9 Å². The van der Waals surface area contributed by atoms with Crippen LogP contribution in [0, 0.1) is 5.92 Å². The molecular formula is C15H22BrNO4. The van der Waals surface area contributed by atoms with Gasteiger partial charge in [-0.15, -0.1) is 0 Å². The van der Waals surface area contributed by atoms with Gasteiger partial charge in [-0.1, -0.05) is 29.8 Å². The van der Waals surface area contributed by atoms with E-state index in [4.69, 9.17) is 14.2 Å². The number of rotatable bonds is 7. The maximum Gasteiger partial charge on any atom is 0.255 e. The molecule has 0 aliphatic carbocycles. The number of nitrogens with one attached hydrogen (secondary N) is 1. The molecule has 1 atom stereocenters. The van der Waals surface area contributed by atoms with Crippen LogP contribution in [0.1, 0.15) is 24.2 Å². The molecule has 6 heteroatoms. The van der Waals surface area contributed by atoms with E-state index in [-0.39, 0.29) is 11.9 Å². The molecule has 0 heterocycles. The maximum atomic E-state index is 12.5. The molecule has 0 aliphatic heterocycles. The minimum absolute atomic E-state index is 0.0373. The summed E-state index contributed by atoms with van der Waals surface area (Å²) >= 11 is 3.41. The number of hydrogen-bond acceptors (Lipinski definition) is 4.